The lowest BCUT2D eigenvalue weighted by molar-refractivity contribution is 0.0115. The van der Waals surface area contributed by atoms with Gasteiger partial charge in [-0.05, 0) is 51.1 Å². The van der Waals surface area contributed by atoms with E-state index in [2.05, 4.69) is 22.3 Å². The van der Waals surface area contributed by atoms with E-state index in [1.165, 1.54) is 57.1 Å². The van der Waals surface area contributed by atoms with Crippen LogP contribution in [0.15, 0.2) is 12.3 Å². The fourth-order valence-electron chi connectivity index (χ4n) is 3.54. The second-order valence-electron chi connectivity index (χ2n) is 6.53. The number of hydrogen-bond donors (Lipinski definition) is 1. The molecule has 1 unspecified atom stereocenters. The molecule has 1 saturated heterocycles. The third-order valence-electron chi connectivity index (χ3n) is 4.84. The normalized spacial score (nSPS) is 24.3. The van der Waals surface area contributed by atoms with E-state index in [0.29, 0.717) is 12.1 Å². The summed E-state index contributed by atoms with van der Waals surface area (Å²) in [6.07, 6.45) is 14.3. The van der Waals surface area contributed by atoms with Crippen molar-refractivity contribution in [2.75, 3.05) is 13.2 Å². The van der Waals surface area contributed by atoms with Crippen LogP contribution in [0.4, 0.5) is 0 Å². The Bertz CT molecular complexity index is 406. The summed E-state index contributed by atoms with van der Waals surface area (Å²) in [5, 5.41) is 8.25. The molecule has 1 saturated carbocycles. The molecule has 1 aliphatic carbocycles. The molecule has 0 bridgehead atoms. The Morgan fingerprint density at radius 3 is 2.81 bits per heavy atom. The molecule has 1 aliphatic heterocycles. The zero-order chi connectivity index (χ0) is 14.3. The molecule has 1 aromatic rings. The van der Waals surface area contributed by atoms with Crippen LogP contribution in [-0.2, 0) is 11.3 Å². The first-order valence-electron chi connectivity index (χ1n) is 8.78. The van der Waals surface area contributed by atoms with Crippen molar-refractivity contribution in [2.45, 2.75) is 76.5 Å². The maximum absolute atomic E-state index is 5.75. The van der Waals surface area contributed by atoms with Gasteiger partial charge in [-0.25, -0.2) is 0 Å². The van der Waals surface area contributed by atoms with Crippen LogP contribution >= 0.6 is 0 Å². The fourth-order valence-corrected chi connectivity index (χ4v) is 3.54. The van der Waals surface area contributed by atoms with Gasteiger partial charge in [0, 0.05) is 19.3 Å². The van der Waals surface area contributed by atoms with Crippen LogP contribution in [-0.4, -0.2) is 29.0 Å². The maximum atomic E-state index is 5.75. The smallest absolute Gasteiger partial charge is 0.0762 e. The van der Waals surface area contributed by atoms with E-state index < -0.39 is 0 Å². The summed E-state index contributed by atoms with van der Waals surface area (Å²) in [7, 11) is 0. The molecular weight excluding hydrogens is 262 g/mol. The van der Waals surface area contributed by atoms with E-state index in [4.69, 9.17) is 9.84 Å². The van der Waals surface area contributed by atoms with Gasteiger partial charge in [0.1, 0.15) is 0 Å². The van der Waals surface area contributed by atoms with Gasteiger partial charge >= 0.3 is 0 Å². The Hall–Kier alpha value is -0.870. The Kier molecular flexibility index (Phi) is 5.69. The monoisotopic (exact) mass is 291 g/mol. The van der Waals surface area contributed by atoms with Gasteiger partial charge in [-0.2, -0.15) is 5.10 Å². The van der Waals surface area contributed by atoms with Crippen molar-refractivity contribution < 1.29 is 4.74 Å². The summed E-state index contributed by atoms with van der Waals surface area (Å²) < 4.78 is 7.95. The Morgan fingerprint density at radius 2 is 2.00 bits per heavy atom. The molecule has 1 N–H and O–H groups in total. The molecule has 4 nitrogen and oxygen atoms in total. The van der Waals surface area contributed by atoms with Crippen molar-refractivity contribution in [3.05, 3.63) is 18.0 Å². The largest absolute Gasteiger partial charge is 0.378 e. The van der Waals surface area contributed by atoms with Crippen LogP contribution in [0.5, 0.6) is 0 Å². The molecule has 3 rings (SSSR count). The van der Waals surface area contributed by atoms with E-state index in [0.717, 1.165) is 26.1 Å². The van der Waals surface area contributed by atoms with Crippen molar-refractivity contribution in [1.82, 2.24) is 15.1 Å². The number of aromatic nitrogens is 2. The molecule has 2 heterocycles. The molecule has 118 valence electrons. The summed E-state index contributed by atoms with van der Waals surface area (Å²) in [5.41, 5.74) is 1.17. The van der Waals surface area contributed by atoms with E-state index in [1.54, 1.807) is 0 Å². The predicted molar refractivity (Wildman–Crippen MR) is 84.3 cm³/mol. The predicted octanol–water partition coefficient (Wildman–Crippen LogP) is 3.44. The van der Waals surface area contributed by atoms with Gasteiger partial charge in [-0.3, -0.25) is 4.68 Å². The van der Waals surface area contributed by atoms with E-state index >= 15 is 0 Å². The molecule has 4 heteroatoms. The van der Waals surface area contributed by atoms with Gasteiger partial charge in [-0.15, -0.1) is 0 Å². The summed E-state index contributed by atoms with van der Waals surface area (Å²) in [6.45, 7) is 2.86. The molecule has 0 amide bonds. The van der Waals surface area contributed by atoms with E-state index in [1.807, 2.05) is 0 Å². The molecule has 21 heavy (non-hydrogen) atoms. The van der Waals surface area contributed by atoms with Gasteiger partial charge in [0.15, 0.2) is 0 Å². The lowest BCUT2D eigenvalue weighted by atomic mass is 9.96. The minimum Gasteiger partial charge on any atom is -0.378 e. The summed E-state index contributed by atoms with van der Waals surface area (Å²) in [4.78, 5) is 0. The highest BCUT2D eigenvalue weighted by Crippen LogP contribution is 2.27. The number of hydrogen-bond acceptors (Lipinski definition) is 3. The van der Waals surface area contributed by atoms with Crippen LogP contribution in [0.1, 0.15) is 69.5 Å². The number of rotatable bonds is 6. The summed E-state index contributed by atoms with van der Waals surface area (Å²) in [5.74, 6) is 0. The molecule has 1 atom stereocenters. The SMILES string of the molecule is c1cn(C2CCCCC2)nc1CNCCC1CCCCO1. The average molecular weight is 291 g/mol. The van der Waals surface area contributed by atoms with Crippen LogP contribution in [0.2, 0.25) is 0 Å². The average Bonchev–Trinajstić information content (AvgIpc) is 3.02. The third kappa shape index (κ3) is 4.55. The number of nitrogens with one attached hydrogen (secondary N) is 1. The molecule has 1 aromatic heterocycles. The molecule has 2 fully saturated rings. The van der Waals surface area contributed by atoms with Gasteiger partial charge in [0.05, 0.1) is 17.8 Å². The number of ether oxygens (including phenoxy) is 1. The highest BCUT2D eigenvalue weighted by molar-refractivity contribution is 4.99. The van der Waals surface area contributed by atoms with Gasteiger partial charge < -0.3 is 10.1 Å². The first-order chi connectivity index (χ1) is 10.4. The lowest BCUT2D eigenvalue weighted by Gasteiger charge is -2.22. The first-order valence-corrected chi connectivity index (χ1v) is 8.78. The van der Waals surface area contributed by atoms with Gasteiger partial charge in [-0.1, -0.05) is 19.3 Å². The topological polar surface area (TPSA) is 39.1 Å². The maximum Gasteiger partial charge on any atom is 0.0762 e. The standard InChI is InChI=1S/C17H29N3O/c1-2-6-16(7-3-1)20-12-10-15(19-20)14-18-11-9-17-8-4-5-13-21-17/h10,12,16-18H,1-9,11,13-14H2. The molecule has 2 aliphatic rings. The second-order valence-corrected chi connectivity index (χ2v) is 6.53. The van der Waals surface area contributed by atoms with Crippen molar-refractivity contribution in [3.8, 4) is 0 Å². The van der Waals surface area contributed by atoms with Crippen molar-refractivity contribution >= 4 is 0 Å². The first kappa shape index (κ1) is 15.0. The highest BCUT2D eigenvalue weighted by atomic mass is 16.5. The molecule has 0 spiro atoms. The van der Waals surface area contributed by atoms with Crippen LogP contribution in [0, 0.1) is 0 Å². The molecule has 0 radical (unpaired) electrons. The third-order valence-corrected chi connectivity index (χ3v) is 4.84. The zero-order valence-electron chi connectivity index (χ0n) is 13.1. The lowest BCUT2D eigenvalue weighted by Crippen LogP contribution is -2.25. The summed E-state index contributed by atoms with van der Waals surface area (Å²) in [6, 6.07) is 2.81. The quantitative estimate of drug-likeness (QED) is 0.816. The minimum atomic E-state index is 0.478. The molecule has 0 aromatic carbocycles. The van der Waals surface area contributed by atoms with Crippen molar-refractivity contribution in [1.29, 1.82) is 0 Å². The molecular formula is C17H29N3O. The van der Waals surface area contributed by atoms with E-state index in [-0.39, 0.29) is 0 Å². The van der Waals surface area contributed by atoms with E-state index in [9.17, 15) is 0 Å². The fraction of sp³-hybridized carbons (Fsp3) is 0.824. The Labute approximate surface area is 128 Å². The van der Waals surface area contributed by atoms with Crippen LogP contribution in [0.25, 0.3) is 0 Å². The van der Waals surface area contributed by atoms with Gasteiger partial charge in [0.25, 0.3) is 0 Å². The highest BCUT2D eigenvalue weighted by Gasteiger charge is 2.16. The Balaban J connectivity index is 1.36. The minimum absolute atomic E-state index is 0.478. The van der Waals surface area contributed by atoms with Crippen LogP contribution < -0.4 is 5.32 Å². The van der Waals surface area contributed by atoms with Crippen LogP contribution in [0.3, 0.4) is 0 Å². The second kappa shape index (κ2) is 7.95. The van der Waals surface area contributed by atoms with Gasteiger partial charge in [0.2, 0.25) is 0 Å². The summed E-state index contributed by atoms with van der Waals surface area (Å²) >= 11 is 0. The van der Waals surface area contributed by atoms with Crippen molar-refractivity contribution in [2.24, 2.45) is 0 Å². The Morgan fingerprint density at radius 1 is 1.14 bits per heavy atom. The zero-order valence-corrected chi connectivity index (χ0v) is 13.1. The van der Waals surface area contributed by atoms with Crippen molar-refractivity contribution in [3.63, 3.8) is 0 Å². The number of nitrogens with zero attached hydrogens (tertiary/aromatic N) is 2.